The summed E-state index contributed by atoms with van der Waals surface area (Å²) >= 11 is 1.44. The molecule has 5 rings (SSSR count). The molecule has 44 heavy (non-hydrogen) atoms. The molecule has 9 nitrogen and oxygen atoms in total. The van der Waals surface area contributed by atoms with Gasteiger partial charge < -0.3 is 26.2 Å². The molecule has 0 fully saturated rings. The van der Waals surface area contributed by atoms with E-state index in [2.05, 4.69) is 16.0 Å². The second-order valence-corrected chi connectivity index (χ2v) is 10.9. The summed E-state index contributed by atoms with van der Waals surface area (Å²) in [5.41, 5.74) is 3.67. The third-order valence-corrected chi connectivity index (χ3v) is 7.58. The van der Waals surface area contributed by atoms with Crippen LogP contribution >= 0.6 is 11.8 Å². The first-order valence-electron chi connectivity index (χ1n) is 13.5. The van der Waals surface area contributed by atoms with Crippen LogP contribution in [0.5, 0.6) is 11.5 Å². The Hall–Kier alpha value is -5.61. The van der Waals surface area contributed by atoms with Gasteiger partial charge >= 0.3 is 0 Å². The summed E-state index contributed by atoms with van der Waals surface area (Å²) in [6, 6.07) is 23.9. The van der Waals surface area contributed by atoms with E-state index < -0.39 is 23.4 Å². The highest BCUT2D eigenvalue weighted by Crippen LogP contribution is 2.46. The molecule has 0 aliphatic carbocycles. The van der Waals surface area contributed by atoms with Crippen LogP contribution in [0.2, 0.25) is 0 Å². The quantitative estimate of drug-likeness (QED) is 0.0893. The minimum atomic E-state index is -0.471. The number of nitrogens with one attached hydrogen (secondary N) is 3. The highest BCUT2D eigenvalue weighted by atomic mass is 32.2. The second-order valence-electron chi connectivity index (χ2n) is 9.82. The van der Waals surface area contributed by atoms with Gasteiger partial charge in [0.15, 0.2) is 11.6 Å². The zero-order valence-electron chi connectivity index (χ0n) is 23.2. The van der Waals surface area contributed by atoms with Crippen molar-refractivity contribution in [2.45, 2.75) is 22.6 Å². The monoisotopic (exact) mass is 605 g/mol. The van der Waals surface area contributed by atoms with Crippen LogP contribution in [0, 0.1) is 0 Å². The van der Waals surface area contributed by atoms with Crippen LogP contribution < -0.4 is 16.0 Å². The minimum absolute atomic E-state index is 0.0434. The van der Waals surface area contributed by atoms with E-state index in [-0.39, 0.29) is 24.3 Å². The molecule has 220 valence electrons. The Labute approximate surface area is 257 Å². The normalized spacial score (nSPS) is 11.8. The van der Waals surface area contributed by atoms with Gasteiger partial charge in [-0.2, -0.15) is 0 Å². The summed E-state index contributed by atoms with van der Waals surface area (Å²) in [4.78, 5) is 51.2. The maximum absolute atomic E-state index is 12.5. The summed E-state index contributed by atoms with van der Waals surface area (Å²) in [5.74, 6) is -1.67. The second kappa shape index (κ2) is 13.6. The Morgan fingerprint density at radius 3 is 1.50 bits per heavy atom. The van der Waals surface area contributed by atoms with Crippen molar-refractivity contribution < 1.29 is 29.4 Å². The fourth-order valence-electron chi connectivity index (χ4n) is 4.31. The van der Waals surface area contributed by atoms with E-state index in [1.54, 1.807) is 60.7 Å². The van der Waals surface area contributed by atoms with Crippen molar-refractivity contribution in [3.8, 4) is 11.5 Å². The number of benzene rings is 4. The first kappa shape index (κ1) is 29.9. The average molecular weight is 606 g/mol. The molecule has 4 aromatic carbocycles. The molecule has 1 aliphatic rings. The SMILES string of the molecule is O=C(/C=C/c1ccccc1O)CC(=O)Nc1ccc2c(c1)Sc1cc(NC(=O)CC(=O)/C=C/c3ccccc3O)ccc1N2. The smallest absolute Gasteiger partial charge is 0.232 e. The number of hydrogen-bond acceptors (Lipinski definition) is 8. The van der Waals surface area contributed by atoms with Crippen LogP contribution in [0.15, 0.2) is 107 Å². The molecule has 0 bridgehead atoms. The summed E-state index contributed by atoms with van der Waals surface area (Å²) in [7, 11) is 0. The molecule has 0 atom stereocenters. The topological polar surface area (TPSA) is 145 Å². The van der Waals surface area contributed by atoms with Gasteiger partial charge in [0.25, 0.3) is 0 Å². The van der Waals surface area contributed by atoms with Crippen molar-refractivity contribution in [3.05, 3.63) is 108 Å². The molecule has 5 N–H and O–H groups in total. The zero-order valence-corrected chi connectivity index (χ0v) is 24.1. The number of amides is 2. The molecule has 0 unspecified atom stereocenters. The summed E-state index contributed by atoms with van der Waals surface area (Å²) in [6.45, 7) is 0. The standard InChI is InChI=1S/C34H27N3O6S/c38-25(13-9-21-5-1-3-7-29(21)40)19-33(42)35-23-11-15-27-31(17-23)44-32-18-24(12-16-28(32)37-27)36-34(43)20-26(39)14-10-22-6-2-4-8-30(22)41/h1-18,37,40-41H,19-20H2,(H,35,42)(H,36,43)/b13-9+,14-10+. The molecular weight excluding hydrogens is 578 g/mol. The number of carbonyl (C=O) groups is 4. The van der Waals surface area contributed by atoms with Crippen molar-refractivity contribution in [2.75, 3.05) is 16.0 Å². The molecule has 0 spiro atoms. The molecule has 0 aromatic heterocycles. The van der Waals surface area contributed by atoms with Gasteiger partial charge in [-0.1, -0.05) is 48.2 Å². The number of fused-ring (bicyclic) bond motifs is 2. The van der Waals surface area contributed by atoms with Crippen LogP contribution in [-0.4, -0.2) is 33.6 Å². The fourth-order valence-corrected chi connectivity index (χ4v) is 5.37. The largest absolute Gasteiger partial charge is 0.507 e. The Morgan fingerprint density at radius 2 is 1.07 bits per heavy atom. The van der Waals surface area contributed by atoms with Gasteiger partial charge in [-0.3, -0.25) is 19.2 Å². The molecule has 0 saturated carbocycles. The van der Waals surface area contributed by atoms with Crippen LogP contribution in [0.1, 0.15) is 24.0 Å². The lowest BCUT2D eigenvalue weighted by Gasteiger charge is -2.22. The number of carbonyl (C=O) groups excluding carboxylic acids is 4. The van der Waals surface area contributed by atoms with Crippen molar-refractivity contribution in [1.29, 1.82) is 0 Å². The Kier molecular flexibility index (Phi) is 9.22. The van der Waals surface area contributed by atoms with Crippen LogP contribution in [0.25, 0.3) is 12.2 Å². The lowest BCUT2D eigenvalue weighted by atomic mass is 10.1. The third kappa shape index (κ3) is 7.81. The molecule has 1 aliphatic heterocycles. The molecule has 2 amide bonds. The van der Waals surface area contributed by atoms with Gasteiger partial charge in [0, 0.05) is 32.3 Å². The molecule has 4 aromatic rings. The molecule has 0 saturated heterocycles. The first-order chi connectivity index (χ1) is 21.2. The zero-order chi connectivity index (χ0) is 31.1. The fraction of sp³-hybridized carbons (Fsp3) is 0.0588. The number of phenols is 2. The van der Waals surface area contributed by atoms with E-state index in [1.807, 2.05) is 12.1 Å². The van der Waals surface area contributed by atoms with Gasteiger partial charge in [0.05, 0.1) is 24.2 Å². The van der Waals surface area contributed by atoms with Crippen LogP contribution in [-0.2, 0) is 19.2 Å². The Balaban J connectivity index is 1.16. The van der Waals surface area contributed by atoms with Crippen molar-refractivity contribution >= 4 is 70.0 Å². The minimum Gasteiger partial charge on any atom is -0.507 e. The van der Waals surface area contributed by atoms with E-state index in [1.165, 1.54) is 48.2 Å². The van der Waals surface area contributed by atoms with Crippen LogP contribution in [0.3, 0.4) is 0 Å². The van der Waals surface area contributed by atoms with E-state index >= 15 is 0 Å². The molecular formula is C34H27N3O6S. The summed E-state index contributed by atoms with van der Waals surface area (Å²) in [5, 5.41) is 28.4. The third-order valence-electron chi connectivity index (χ3n) is 6.46. The predicted octanol–water partition coefficient (Wildman–Crippen LogP) is 6.53. The van der Waals surface area contributed by atoms with Crippen molar-refractivity contribution in [2.24, 2.45) is 0 Å². The van der Waals surface area contributed by atoms with Gasteiger partial charge in [0.2, 0.25) is 11.8 Å². The number of aromatic hydroxyl groups is 2. The first-order valence-corrected chi connectivity index (χ1v) is 14.4. The summed E-state index contributed by atoms with van der Waals surface area (Å²) in [6.07, 6.45) is 4.74. The number of anilines is 4. The maximum Gasteiger partial charge on any atom is 0.232 e. The highest BCUT2D eigenvalue weighted by molar-refractivity contribution is 7.99. The Bertz CT molecular complexity index is 1700. The van der Waals surface area contributed by atoms with Crippen molar-refractivity contribution in [1.82, 2.24) is 0 Å². The number of hydrogen-bond donors (Lipinski definition) is 5. The number of rotatable bonds is 10. The van der Waals surface area contributed by atoms with Crippen LogP contribution in [0.4, 0.5) is 22.7 Å². The van der Waals surface area contributed by atoms with E-state index in [0.29, 0.717) is 22.5 Å². The summed E-state index contributed by atoms with van der Waals surface area (Å²) < 4.78 is 0. The Morgan fingerprint density at radius 1 is 0.636 bits per heavy atom. The average Bonchev–Trinajstić information content (AvgIpc) is 2.99. The lowest BCUT2D eigenvalue weighted by molar-refractivity contribution is -0.124. The number of para-hydroxylation sites is 2. The van der Waals surface area contributed by atoms with E-state index in [0.717, 1.165) is 21.2 Å². The number of allylic oxidation sites excluding steroid dienone is 2. The molecule has 0 radical (unpaired) electrons. The van der Waals surface area contributed by atoms with E-state index in [4.69, 9.17) is 0 Å². The molecule has 1 heterocycles. The van der Waals surface area contributed by atoms with E-state index in [9.17, 15) is 29.4 Å². The number of ketones is 2. The molecule has 10 heteroatoms. The van der Waals surface area contributed by atoms with Gasteiger partial charge in [-0.25, -0.2) is 0 Å². The highest BCUT2D eigenvalue weighted by Gasteiger charge is 2.18. The maximum atomic E-state index is 12.5. The van der Waals surface area contributed by atoms with Gasteiger partial charge in [-0.15, -0.1) is 0 Å². The van der Waals surface area contributed by atoms with Crippen molar-refractivity contribution in [3.63, 3.8) is 0 Å². The van der Waals surface area contributed by atoms with Gasteiger partial charge in [-0.05, 0) is 72.8 Å². The number of phenolic OH excluding ortho intramolecular Hbond substituents is 2. The predicted molar refractivity (Wildman–Crippen MR) is 171 cm³/mol. The lowest BCUT2D eigenvalue weighted by Crippen LogP contribution is -2.16. The van der Waals surface area contributed by atoms with Gasteiger partial charge in [0.1, 0.15) is 11.5 Å².